The van der Waals surface area contributed by atoms with E-state index in [1.54, 1.807) is 6.20 Å². The van der Waals surface area contributed by atoms with Crippen LogP contribution in [-0.2, 0) is 6.54 Å². The van der Waals surface area contributed by atoms with E-state index < -0.39 is 0 Å². The summed E-state index contributed by atoms with van der Waals surface area (Å²) in [6.45, 7) is 7.00. The van der Waals surface area contributed by atoms with Gasteiger partial charge < -0.3 is 10.6 Å². The van der Waals surface area contributed by atoms with E-state index in [4.69, 9.17) is 17.3 Å². The minimum absolute atomic E-state index is 0.169. The molecule has 0 aliphatic heterocycles. The van der Waals surface area contributed by atoms with E-state index in [9.17, 15) is 0 Å². The van der Waals surface area contributed by atoms with Gasteiger partial charge in [-0.25, -0.2) is 0 Å². The van der Waals surface area contributed by atoms with Gasteiger partial charge in [0.15, 0.2) is 0 Å². The summed E-state index contributed by atoms with van der Waals surface area (Å²) in [6, 6.07) is -0.169. The highest BCUT2D eigenvalue weighted by Gasteiger charge is 2.33. The SMILES string of the molecule is CCn1ncc(Cl)c1C(N)C(C)(C)N(C)C. The lowest BCUT2D eigenvalue weighted by Crippen LogP contribution is -2.48. The fourth-order valence-electron chi connectivity index (χ4n) is 1.55. The number of nitrogens with zero attached hydrogens (tertiary/aromatic N) is 3. The van der Waals surface area contributed by atoms with Gasteiger partial charge in [0.1, 0.15) is 0 Å². The molecule has 0 bridgehead atoms. The number of nitrogens with two attached hydrogens (primary N) is 1. The predicted octanol–water partition coefficient (Wildman–Crippen LogP) is 1.90. The Labute approximate surface area is 102 Å². The molecule has 16 heavy (non-hydrogen) atoms. The van der Waals surface area contributed by atoms with Crippen LogP contribution in [0.3, 0.4) is 0 Å². The minimum Gasteiger partial charge on any atom is -0.321 e. The minimum atomic E-state index is -0.170. The zero-order chi connectivity index (χ0) is 12.5. The third kappa shape index (κ3) is 2.24. The maximum absolute atomic E-state index is 6.31. The van der Waals surface area contributed by atoms with Crippen LogP contribution < -0.4 is 5.73 Å². The van der Waals surface area contributed by atoms with Crippen molar-refractivity contribution in [3.8, 4) is 0 Å². The molecule has 1 heterocycles. The van der Waals surface area contributed by atoms with Crippen LogP contribution in [0.5, 0.6) is 0 Å². The topological polar surface area (TPSA) is 47.1 Å². The molecule has 4 nitrogen and oxygen atoms in total. The lowest BCUT2D eigenvalue weighted by atomic mass is 9.91. The Balaban J connectivity index is 3.13. The van der Waals surface area contributed by atoms with Crippen molar-refractivity contribution in [3.63, 3.8) is 0 Å². The van der Waals surface area contributed by atoms with Gasteiger partial charge in [-0.1, -0.05) is 11.6 Å². The summed E-state index contributed by atoms with van der Waals surface area (Å²) in [5.41, 5.74) is 7.04. The van der Waals surface area contributed by atoms with E-state index in [1.807, 2.05) is 25.7 Å². The zero-order valence-corrected chi connectivity index (χ0v) is 11.4. The summed E-state index contributed by atoms with van der Waals surface area (Å²) >= 11 is 6.15. The van der Waals surface area contributed by atoms with Crippen molar-refractivity contribution in [2.45, 2.75) is 38.9 Å². The van der Waals surface area contributed by atoms with Gasteiger partial charge in [0.05, 0.1) is 23.0 Å². The molecule has 1 unspecified atom stereocenters. The van der Waals surface area contributed by atoms with Crippen molar-refractivity contribution in [2.24, 2.45) is 5.73 Å². The monoisotopic (exact) mass is 244 g/mol. The molecule has 0 radical (unpaired) electrons. The first kappa shape index (κ1) is 13.5. The molecule has 92 valence electrons. The number of hydrogen-bond donors (Lipinski definition) is 1. The fourth-order valence-corrected chi connectivity index (χ4v) is 1.80. The number of hydrogen-bond acceptors (Lipinski definition) is 3. The van der Waals surface area contributed by atoms with Gasteiger partial charge in [0.2, 0.25) is 0 Å². The van der Waals surface area contributed by atoms with E-state index in [0.717, 1.165) is 12.2 Å². The zero-order valence-electron chi connectivity index (χ0n) is 10.7. The van der Waals surface area contributed by atoms with Crippen LogP contribution in [0.1, 0.15) is 32.5 Å². The Morgan fingerprint density at radius 2 is 2.12 bits per heavy atom. The van der Waals surface area contributed by atoms with E-state index in [2.05, 4.69) is 23.8 Å². The maximum atomic E-state index is 6.31. The number of aryl methyl sites for hydroxylation is 1. The average Bonchev–Trinajstić information content (AvgIpc) is 2.57. The molecular formula is C11H21ClN4. The average molecular weight is 245 g/mol. The van der Waals surface area contributed by atoms with Crippen molar-refractivity contribution in [1.82, 2.24) is 14.7 Å². The van der Waals surface area contributed by atoms with Crippen LogP contribution in [0.15, 0.2) is 6.20 Å². The number of rotatable bonds is 4. The van der Waals surface area contributed by atoms with Crippen molar-refractivity contribution in [1.29, 1.82) is 0 Å². The number of halogens is 1. The van der Waals surface area contributed by atoms with Crippen molar-refractivity contribution < 1.29 is 0 Å². The molecule has 0 fully saturated rings. The second kappa shape index (κ2) is 4.73. The molecule has 1 aromatic rings. The molecule has 0 aromatic carbocycles. The Morgan fingerprint density at radius 1 is 1.56 bits per heavy atom. The highest BCUT2D eigenvalue weighted by Crippen LogP contribution is 2.31. The molecule has 0 saturated heterocycles. The van der Waals surface area contributed by atoms with Gasteiger partial charge in [-0.15, -0.1) is 0 Å². The van der Waals surface area contributed by atoms with Crippen LogP contribution in [0.4, 0.5) is 0 Å². The smallest absolute Gasteiger partial charge is 0.0834 e. The summed E-state index contributed by atoms with van der Waals surface area (Å²) in [5, 5.41) is 4.86. The second-order valence-electron chi connectivity index (χ2n) is 4.72. The van der Waals surface area contributed by atoms with Gasteiger partial charge >= 0.3 is 0 Å². The largest absolute Gasteiger partial charge is 0.321 e. The first-order valence-electron chi connectivity index (χ1n) is 5.46. The van der Waals surface area contributed by atoms with Crippen molar-refractivity contribution >= 4 is 11.6 Å². The third-order valence-electron chi connectivity index (χ3n) is 3.34. The first-order valence-corrected chi connectivity index (χ1v) is 5.84. The number of aromatic nitrogens is 2. The molecule has 0 aliphatic rings. The first-order chi connectivity index (χ1) is 7.32. The molecule has 5 heteroatoms. The molecule has 0 saturated carbocycles. The normalized spacial score (nSPS) is 14.5. The van der Waals surface area contributed by atoms with Gasteiger partial charge in [-0.05, 0) is 34.9 Å². The second-order valence-corrected chi connectivity index (χ2v) is 5.13. The summed E-state index contributed by atoms with van der Waals surface area (Å²) in [4.78, 5) is 2.10. The van der Waals surface area contributed by atoms with Crippen LogP contribution in [0.2, 0.25) is 5.02 Å². The highest BCUT2D eigenvalue weighted by molar-refractivity contribution is 6.31. The Bertz CT molecular complexity index is 357. The predicted molar refractivity (Wildman–Crippen MR) is 67.6 cm³/mol. The molecule has 1 aromatic heterocycles. The Hall–Kier alpha value is -0.580. The van der Waals surface area contributed by atoms with Crippen LogP contribution in [0.25, 0.3) is 0 Å². The quantitative estimate of drug-likeness (QED) is 0.880. The standard InChI is InChI=1S/C11H21ClN4/c1-6-16-9(8(12)7-14-16)10(13)11(2,3)15(4)5/h7,10H,6,13H2,1-5H3. The number of likely N-dealkylation sites (N-methyl/N-ethyl adjacent to an activating group) is 1. The molecule has 2 N–H and O–H groups in total. The molecular weight excluding hydrogens is 224 g/mol. The van der Waals surface area contributed by atoms with Gasteiger partial charge in [0.25, 0.3) is 0 Å². The lowest BCUT2D eigenvalue weighted by molar-refractivity contribution is 0.154. The van der Waals surface area contributed by atoms with E-state index in [-0.39, 0.29) is 11.6 Å². The summed E-state index contributed by atoms with van der Waals surface area (Å²) in [5.74, 6) is 0. The summed E-state index contributed by atoms with van der Waals surface area (Å²) in [7, 11) is 4.03. The summed E-state index contributed by atoms with van der Waals surface area (Å²) < 4.78 is 1.86. The molecule has 0 amide bonds. The van der Waals surface area contributed by atoms with Gasteiger partial charge in [0, 0.05) is 12.1 Å². The fraction of sp³-hybridized carbons (Fsp3) is 0.727. The third-order valence-corrected chi connectivity index (χ3v) is 3.63. The van der Waals surface area contributed by atoms with Crippen molar-refractivity contribution in [2.75, 3.05) is 14.1 Å². The Kier molecular flexibility index (Phi) is 3.99. The van der Waals surface area contributed by atoms with E-state index >= 15 is 0 Å². The van der Waals surface area contributed by atoms with Gasteiger partial charge in [-0.2, -0.15) is 5.10 Å². The van der Waals surface area contributed by atoms with Crippen LogP contribution in [-0.4, -0.2) is 34.3 Å². The van der Waals surface area contributed by atoms with Crippen LogP contribution in [0, 0.1) is 0 Å². The van der Waals surface area contributed by atoms with E-state index in [1.165, 1.54) is 0 Å². The molecule has 1 atom stereocenters. The Morgan fingerprint density at radius 3 is 2.56 bits per heavy atom. The maximum Gasteiger partial charge on any atom is 0.0834 e. The summed E-state index contributed by atoms with van der Waals surface area (Å²) in [6.07, 6.45) is 1.66. The van der Waals surface area contributed by atoms with Crippen LogP contribution >= 0.6 is 11.6 Å². The van der Waals surface area contributed by atoms with E-state index in [0.29, 0.717) is 5.02 Å². The lowest BCUT2D eigenvalue weighted by Gasteiger charge is -2.38. The van der Waals surface area contributed by atoms with Crippen molar-refractivity contribution in [3.05, 3.63) is 16.9 Å². The highest BCUT2D eigenvalue weighted by atomic mass is 35.5. The molecule has 0 spiro atoms. The molecule has 0 aliphatic carbocycles. The van der Waals surface area contributed by atoms with Gasteiger partial charge in [-0.3, -0.25) is 4.68 Å². The molecule has 1 rings (SSSR count).